The van der Waals surface area contributed by atoms with E-state index in [9.17, 15) is 0 Å². The maximum atomic E-state index is 8.56. The monoisotopic (exact) mass is 213 g/mol. The second kappa shape index (κ2) is 35.5. The van der Waals surface area contributed by atoms with E-state index in [4.69, 9.17) is 15.0 Å². The van der Waals surface area contributed by atoms with Gasteiger partial charge in [0.25, 0.3) is 0 Å². The topological polar surface area (TPSA) is 121 Å². The van der Waals surface area contributed by atoms with Gasteiger partial charge < -0.3 is 21.2 Å². The van der Waals surface area contributed by atoms with Crippen molar-refractivity contribution < 1.29 is 45.4 Å². The predicted octanol–water partition coefficient (Wildman–Crippen LogP) is -2.19. The van der Waals surface area contributed by atoms with Gasteiger partial charge in [-0.1, -0.05) is 0 Å². The Kier molecular flexibility index (Phi) is 196. The normalized spacial score (nSPS) is 2.67. The van der Waals surface area contributed by atoms with Crippen LogP contribution < -0.4 is 0 Å². The van der Waals surface area contributed by atoms with Crippen molar-refractivity contribution in [3.8, 4) is 0 Å². The van der Waals surface area contributed by atoms with Crippen molar-refractivity contribution in [3.05, 3.63) is 0 Å². The van der Waals surface area contributed by atoms with Crippen molar-refractivity contribution in [2.45, 2.75) is 0 Å². The van der Waals surface area contributed by atoms with Crippen LogP contribution >= 0.6 is 0 Å². The van der Waals surface area contributed by atoms with E-state index in [-0.39, 0.29) is 70.8 Å². The molecule has 0 aromatic carbocycles. The molecule has 0 heterocycles. The molecule has 0 bridgehead atoms. The fourth-order valence-electron chi connectivity index (χ4n) is 0. The van der Waals surface area contributed by atoms with Crippen LogP contribution in [0.25, 0.3) is 0 Å². The molecule has 0 aliphatic rings. The van der Waals surface area contributed by atoms with Gasteiger partial charge >= 0.3 is 66.0 Å². The Bertz CT molecular complexity index is 39.9. The van der Waals surface area contributed by atoms with Crippen LogP contribution in [0.1, 0.15) is 0 Å². The van der Waals surface area contributed by atoms with Gasteiger partial charge in [-0.3, -0.25) is 0 Å². The van der Waals surface area contributed by atoms with Crippen molar-refractivity contribution in [1.29, 1.82) is 0 Å². The van der Waals surface area contributed by atoms with Crippen LogP contribution in [0.4, 0.5) is 4.79 Å². The van der Waals surface area contributed by atoms with Gasteiger partial charge in [0.1, 0.15) is 0 Å². The van der Waals surface area contributed by atoms with Crippen LogP contribution in [0, 0.1) is 0 Å². The van der Waals surface area contributed by atoms with Crippen LogP contribution in [-0.4, -0.2) is 67.7 Å². The van der Waals surface area contributed by atoms with Gasteiger partial charge in [0.05, 0.1) is 0 Å². The fraction of sp³-hybridized carbons (Fsp3) is 0. The average Bonchev–Trinajstić information content (AvgIpc) is 0.811. The first-order valence-corrected chi connectivity index (χ1v) is 0.651. The third kappa shape index (κ3) is 373. The fourth-order valence-corrected chi connectivity index (χ4v) is 0. The summed E-state index contributed by atoms with van der Waals surface area (Å²) in [5, 5.41) is 13.9. The molecule has 0 aromatic rings. The summed E-state index contributed by atoms with van der Waals surface area (Å²) in [4.78, 5) is 8.56. The second-order valence-electron chi connectivity index (χ2n) is 0.283. The van der Waals surface area contributed by atoms with E-state index in [1.165, 1.54) is 0 Å². The Morgan fingerprint density at radius 3 is 1.11 bits per heavy atom. The zero-order chi connectivity index (χ0) is 3.58. The molecule has 0 aromatic heterocycles. The van der Waals surface area contributed by atoms with E-state index < -0.39 is 6.16 Å². The summed E-state index contributed by atoms with van der Waals surface area (Å²) < 4.78 is 0. The quantitative estimate of drug-likeness (QED) is 0.446. The minimum Gasteiger partial charge on any atom is -0.450 e. The van der Waals surface area contributed by atoms with E-state index in [2.05, 4.69) is 0 Å². The molecule has 5 nitrogen and oxygen atoms in total. The zero-order valence-electron chi connectivity index (χ0n) is 4.79. The summed E-state index contributed by atoms with van der Waals surface area (Å²) >= 11 is 0. The molecule has 0 rings (SSSR count). The molecule has 8 heteroatoms. The van der Waals surface area contributed by atoms with Gasteiger partial charge in [0.15, 0.2) is 0 Å². The largest absolute Gasteiger partial charge is 3.00 e. The summed E-state index contributed by atoms with van der Waals surface area (Å²) in [6.07, 6.45) is -1.83. The molecule has 0 saturated carbocycles. The third-order valence-corrected chi connectivity index (χ3v) is 0. The van der Waals surface area contributed by atoms with Crippen molar-refractivity contribution in [1.82, 2.24) is 0 Å². The minimum absolute atomic E-state index is 0. The molecule has 0 unspecified atom stereocenters. The summed E-state index contributed by atoms with van der Waals surface area (Å²) in [6, 6.07) is 0. The first kappa shape index (κ1) is 49.7. The van der Waals surface area contributed by atoms with E-state index in [1.54, 1.807) is 0 Å². The zero-order valence-corrected chi connectivity index (χ0v) is 10.3. The Labute approximate surface area is 91.5 Å². The first-order chi connectivity index (χ1) is 1.73. The SMILES string of the molecule is O.O.O=C(O)O.[Al+3].[Mg+2].[Zn+2]. The molecule has 0 radical (unpaired) electrons. The smallest absolute Gasteiger partial charge is 0.450 e. The third-order valence-electron chi connectivity index (χ3n) is 0. The second-order valence-corrected chi connectivity index (χ2v) is 0.283. The summed E-state index contributed by atoms with van der Waals surface area (Å²) in [5.41, 5.74) is 0. The number of rotatable bonds is 0. The maximum Gasteiger partial charge on any atom is 3.00 e. The number of hydrogen-bond donors (Lipinski definition) is 2. The molecular weight excluding hydrogens is 209 g/mol. The van der Waals surface area contributed by atoms with Gasteiger partial charge in [-0.15, -0.1) is 0 Å². The Morgan fingerprint density at radius 2 is 1.11 bits per heavy atom. The minimum atomic E-state index is -1.83. The summed E-state index contributed by atoms with van der Waals surface area (Å²) in [5.74, 6) is 0. The predicted molar refractivity (Wildman–Crippen MR) is 29.4 cm³/mol. The van der Waals surface area contributed by atoms with E-state index >= 15 is 0 Å². The molecule has 0 spiro atoms. The van der Waals surface area contributed by atoms with Crippen molar-refractivity contribution >= 4 is 46.6 Å². The maximum absolute atomic E-state index is 8.56. The standard InChI is InChI=1S/CH2O3.Al.Mg.2H2O.Zn/c2-1(3)4;;;;;/h(H2,2,3,4);;;2*1H2;/q;+3;+2;;;+2. The molecule has 40 valence electrons. The van der Waals surface area contributed by atoms with Crippen LogP contribution in [-0.2, 0) is 19.5 Å². The summed E-state index contributed by atoms with van der Waals surface area (Å²) in [7, 11) is 0. The Hall–Kier alpha value is 1.11. The van der Waals surface area contributed by atoms with Gasteiger partial charge in [0, 0.05) is 0 Å². The molecule has 0 amide bonds. The molecule has 9 heavy (non-hydrogen) atoms. The molecule has 0 atom stereocenters. The number of carboxylic acid groups (broad SMARTS) is 2. The van der Waals surface area contributed by atoms with Gasteiger partial charge in [0.2, 0.25) is 0 Å². The van der Waals surface area contributed by atoms with Crippen molar-refractivity contribution in [2.24, 2.45) is 0 Å². The molecular formula is CH6AlMgO5Zn+7. The Balaban J connectivity index is -0.00000000450. The van der Waals surface area contributed by atoms with Gasteiger partial charge in [-0.25, -0.2) is 4.79 Å². The average molecular weight is 215 g/mol. The number of hydrogen-bond acceptors (Lipinski definition) is 1. The van der Waals surface area contributed by atoms with Gasteiger partial charge in [-0.05, 0) is 0 Å². The van der Waals surface area contributed by atoms with Crippen LogP contribution in [0.3, 0.4) is 0 Å². The van der Waals surface area contributed by atoms with E-state index in [0.717, 1.165) is 0 Å². The van der Waals surface area contributed by atoms with Crippen LogP contribution in [0.2, 0.25) is 0 Å². The number of carbonyl (C=O) groups is 1. The molecule has 0 saturated heterocycles. The summed E-state index contributed by atoms with van der Waals surface area (Å²) in [6.45, 7) is 0. The van der Waals surface area contributed by atoms with Crippen molar-refractivity contribution in [2.75, 3.05) is 0 Å². The van der Waals surface area contributed by atoms with Crippen LogP contribution in [0.15, 0.2) is 0 Å². The Morgan fingerprint density at radius 1 is 1.11 bits per heavy atom. The van der Waals surface area contributed by atoms with Gasteiger partial charge in [-0.2, -0.15) is 0 Å². The molecule has 0 fully saturated rings. The van der Waals surface area contributed by atoms with E-state index in [1.807, 2.05) is 0 Å². The van der Waals surface area contributed by atoms with Crippen molar-refractivity contribution in [3.63, 3.8) is 0 Å². The molecule has 0 aliphatic heterocycles. The van der Waals surface area contributed by atoms with Crippen LogP contribution in [0.5, 0.6) is 0 Å². The first-order valence-electron chi connectivity index (χ1n) is 0.651. The molecule has 6 N–H and O–H groups in total. The van der Waals surface area contributed by atoms with E-state index in [0.29, 0.717) is 0 Å². The molecule has 0 aliphatic carbocycles.